The lowest BCUT2D eigenvalue weighted by Crippen LogP contribution is -2.05. The van der Waals surface area contributed by atoms with Crippen molar-refractivity contribution < 1.29 is 9.05 Å². The van der Waals surface area contributed by atoms with Crippen LogP contribution in [0.5, 0.6) is 0 Å². The number of hydrogen-bond donors (Lipinski definition) is 0. The van der Waals surface area contributed by atoms with Crippen LogP contribution in [0.15, 0.2) is 0 Å². The molecule has 0 amide bonds. The Morgan fingerprint density at radius 2 is 1.90 bits per heavy atom. The summed E-state index contributed by atoms with van der Waals surface area (Å²) >= 11 is 8.24. The smallest absolute Gasteiger partial charge is 0.273 e. The van der Waals surface area contributed by atoms with Gasteiger partial charge in [-0.15, -0.1) is 0 Å². The standard InChI is InChI=1S/C3H9BrNO2PS2/c1-5(10-4)8(9,6-2)7-3/h1-3H3. The molecule has 7 heteroatoms. The van der Waals surface area contributed by atoms with Gasteiger partial charge in [-0.25, -0.2) is 0 Å². The molecule has 0 radical (unpaired) electrons. The Morgan fingerprint density at radius 3 is 2.00 bits per heavy atom. The number of halogens is 1. The van der Waals surface area contributed by atoms with E-state index in [0.29, 0.717) is 0 Å². The molecule has 0 saturated carbocycles. The quantitative estimate of drug-likeness (QED) is 0.574. The third-order valence-electron chi connectivity index (χ3n) is 0.906. The molecule has 0 spiro atoms. The minimum absolute atomic E-state index is 1.32. The van der Waals surface area contributed by atoms with E-state index in [2.05, 4.69) is 14.8 Å². The normalized spacial score (nSPS) is 12.5. The largest absolute Gasteiger partial charge is 0.321 e. The minimum atomic E-state index is -2.19. The molecule has 0 unspecified atom stereocenters. The molecular formula is C3H9BrNO2PS2. The van der Waals surface area contributed by atoms with Crippen molar-refractivity contribution >= 4 is 43.6 Å². The van der Waals surface area contributed by atoms with E-state index in [0.717, 1.165) is 0 Å². The highest BCUT2D eigenvalue weighted by Gasteiger charge is 2.21. The predicted octanol–water partition coefficient (Wildman–Crippen LogP) is 2.39. The van der Waals surface area contributed by atoms with E-state index in [1.54, 1.807) is 18.3 Å². The Hall–Kier alpha value is 1.36. The summed E-state index contributed by atoms with van der Waals surface area (Å²) in [5.41, 5.74) is 0. The highest BCUT2D eigenvalue weighted by Crippen LogP contribution is 2.54. The first-order valence-electron chi connectivity index (χ1n) is 2.35. The third-order valence-corrected chi connectivity index (χ3v) is 7.52. The maximum atomic E-state index is 5.07. The van der Waals surface area contributed by atoms with E-state index in [9.17, 15) is 0 Å². The highest BCUT2D eigenvalue weighted by atomic mass is 79.9. The van der Waals surface area contributed by atoms with Gasteiger partial charge in [-0.2, -0.15) is 4.08 Å². The predicted molar refractivity (Wildman–Crippen MR) is 52.6 cm³/mol. The molecular weight excluding hydrogens is 257 g/mol. The van der Waals surface area contributed by atoms with Gasteiger partial charge in [-0.05, 0) is 11.8 Å². The molecule has 0 saturated heterocycles. The van der Waals surface area contributed by atoms with E-state index < -0.39 is 6.64 Å². The lowest BCUT2D eigenvalue weighted by atomic mass is 11.6. The summed E-state index contributed by atoms with van der Waals surface area (Å²) in [7, 11) is 6.23. The van der Waals surface area contributed by atoms with Gasteiger partial charge in [0.1, 0.15) is 0 Å². The van der Waals surface area contributed by atoms with Crippen molar-refractivity contribution in [2.45, 2.75) is 0 Å². The first kappa shape index (κ1) is 11.4. The van der Waals surface area contributed by atoms with Crippen molar-refractivity contribution in [2.75, 3.05) is 21.3 Å². The van der Waals surface area contributed by atoms with Gasteiger partial charge < -0.3 is 9.05 Å². The molecule has 0 rings (SSSR count). The van der Waals surface area contributed by atoms with Crippen LogP contribution in [0.25, 0.3) is 0 Å². The topological polar surface area (TPSA) is 21.7 Å². The van der Waals surface area contributed by atoms with E-state index >= 15 is 0 Å². The van der Waals surface area contributed by atoms with E-state index in [1.807, 2.05) is 7.05 Å². The summed E-state index contributed by atoms with van der Waals surface area (Å²) in [4.78, 5) is 0. The maximum absolute atomic E-state index is 5.07. The average molecular weight is 266 g/mol. The van der Waals surface area contributed by atoms with Crippen LogP contribution in [0.3, 0.4) is 0 Å². The molecule has 0 aliphatic carbocycles. The minimum Gasteiger partial charge on any atom is -0.321 e. The monoisotopic (exact) mass is 265 g/mol. The molecule has 0 atom stereocenters. The van der Waals surface area contributed by atoms with Crippen molar-refractivity contribution in [1.82, 2.24) is 4.08 Å². The first-order chi connectivity index (χ1) is 4.60. The zero-order chi connectivity index (χ0) is 8.20. The second kappa shape index (κ2) is 5.09. The summed E-state index contributed by atoms with van der Waals surface area (Å²) in [5.74, 6) is 0. The van der Waals surface area contributed by atoms with Crippen molar-refractivity contribution in [1.29, 1.82) is 0 Å². The second-order valence-corrected chi connectivity index (χ2v) is 6.84. The molecule has 0 aliphatic heterocycles. The summed E-state index contributed by atoms with van der Waals surface area (Å²) < 4.78 is 11.8. The lowest BCUT2D eigenvalue weighted by molar-refractivity contribution is 0.313. The summed E-state index contributed by atoms with van der Waals surface area (Å²) in [5, 5.41) is 0. The Morgan fingerprint density at radius 1 is 1.50 bits per heavy atom. The van der Waals surface area contributed by atoms with Crippen molar-refractivity contribution in [3.05, 3.63) is 0 Å². The molecule has 0 aromatic carbocycles. The van der Waals surface area contributed by atoms with Gasteiger partial charge >= 0.3 is 0 Å². The van der Waals surface area contributed by atoms with Gasteiger partial charge in [0, 0.05) is 46.5 Å². The fourth-order valence-corrected chi connectivity index (χ4v) is 4.26. The van der Waals surface area contributed by atoms with E-state index in [-0.39, 0.29) is 0 Å². The summed E-state index contributed by atoms with van der Waals surface area (Å²) in [6.07, 6.45) is 0. The molecule has 0 fully saturated rings. The Bertz CT molecular complexity index is 138. The van der Waals surface area contributed by atoms with Gasteiger partial charge in [0.25, 0.3) is 6.64 Å². The summed E-state index contributed by atoms with van der Waals surface area (Å²) in [6.45, 7) is -2.19. The first-order valence-corrected chi connectivity index (χ1v) is 7.56. The van der Waals surface area contributed by atoms with Gasteiger partial charge in [-0.1, -0.05) is 0 Å². The van der Waals surface area contributed by atoms with E-state index in [1.165, 1.54) is 10.4 Å². The van der Waals surface area contributed by atoms with Crippen molar-refractivity contribution in [3.63, 3.8) is 0 Å². The number of rotatable bonds is 4. The average Bonchev–Trinajstić information content (AvgIpc) is 2.01. The highest BCUT2D eigenvalue weighted by molar-refractivity contribution is 9.50. The van der Waals surface area contributed by atoms with E-state index in [4.69, 9.17) is 20.9 Å². The molecule has 0 aromatic rings. The zero-order valence-corrected chi connectivity index (χ0v) is 10.0. The third kappa shape index (κ3) is 2.77. The van der Waals surface area contributed by atoms with Crippen LogP contribution in [-0.4, -0.2) is 25.3 Å². The summed E-state index contributed by atoms with van der Waals surface area (Å²) in [6, 6.07) is 0. The lowest BCUT2D eigenvalue weighted by Gasteiger charge is -2.24. The second-order valence-electron chi connectivity index (χ2n) is 1.37. The zero-order valence-electron chi connectivity index (χ0n) is 5.91. The SMILES string of the molecule is COP(=S)(OC)N(C)SBr. The van der Waals surface area contributed by atoms with Crippen molar-refractivity contribution in [3.8, 4) is 0 Å². The number of nitrogens with zero attached hydrogens (tertiary/aromatic N) is 1. The van der Waals surface area contributed by atoms with Crippen LogP contribution in [0.4, 0.5) is 0 Å². The molecule has 10 heavy (non-hydrogen) atoms. The molecule has 0 heterocycles. The molecule has 0 N–H and O–H groups in total. The van der Waals surface area contributed by atoms with Crippen molar-refractivity contribution in [2.24, 2.45) is 0 Å². The molecule has 0 aromatic heterocycles. The Kier molecular flexibility index (Phi) is 5.78. The molecule has 62 valence electrons. The van der Waals surface area contributed by atoms with Crippen LogP contribution in [0, 0.1) is 0 Å². The fourth-order valence-electron chi connectivity index (χ4n) is 0.342. The van der Waals surface area contributed by atoms with Gasteiger partial charge in [0.2, 0.25) is 0 Å². The Labute approximate surface area is 78.0 Å². The van der Waals surface area contributed by atoms with Crippen LogP contribution in [0.1, 0.15) is 0 Å². The number of hydrogen-bond acceptors (Lipinski definition) is 4. The molecule has 0 bridgehead atoms. The van der Waals surface area contributed by atoms with Gasteiger partial charge in [0.05, 0.1) is 0 Å². The van der Waals surface area contributed by atoms with Crippen LogP contribution >= 0.6 is 31.8 Å². The van der Waals surface area contributed by atoms with Gasteiger partial charge in [0.15, 0.2) is 0 Å². The van der Waals surface area contributed by atoms with Crippen LogP contribution in [-0.2, 0) is 20.9 Å². The fraction of sp³-hybridized carbons (Fsp3) is 1.00. The van der Waals surface area contributed by atoms with Crippen LogP contribution in [0.2, 0.25) is 0 Å². The maximum Gasteiger partial charge on any atom is 0.273 e. The Balaban J connectivity index is 4.18. The van der Waals surface area contributed by atoms with Crippen LogP contribution < -0.4 is 0 Å². The molecule has 0 aliphatic rings. The molecule has 3 nitrogen and oxygen atoms in total. The van der Waals surface area contributed by atoms with Gasteiger partial charge in [-0.3, -0.25) is 0 Å².